The van der Waals surface area contributed by atoms with E-state index in [1.807, 2.05) is 0 Å². The molecule has 1 aromatic rings. The maximum absolute atomic E-state index is 14.3. The fourth-order valence-corrected chi connectivity index (χ4v) is 5.40. The molecule has 172 valence electrons. The minimum Gasteiger partial charge on any atom is -0.452 e. The van der Waals surface area contributed by atoms with Crippen LogP contribution in [0.2, 0.25) is 0 Å². The summed E-state index contributed by atoms with van der Waals surface area (Å²) in [7, 11) is -2.42. The van der Waals surface area contributed by atoms with Crippen molar-refractivity contribution in [3.05, 3.63) is 29.6 Å². The zero-order valence-electron chi connectivity index (χ0n) is 17.9. The van der Waals surface area contributed by atoms with Crippen LogP contribution in [0.25, 0.3) is 0 Å². The van der Waals surface area contributed by atoms with Gasteiger partial charge in [-0.1, -0.05) is 6.92 Å². The summed E-state index contributed by atoms with van der Waals surface area (Å²) in [5.74, 6) is -1.50. The highest BCUT2D eigenvalue weighted by atomic mass is 32.2. The molecule has 0 N–H and O–H groups in total. The third-order valence-corrected chi connectivity index (χ3v) is 7.92. The van der Waals surface area contributed by atoms with Crippen molar-refractivity contribution in [2.24, 2.45) is 5.92 Å². The number of hydrogen-bond donors (Lipinski definition) is 0. The van der Waals surface area contributed by atoms with Crippen LogP contribution in [0.5, 0.6) is 0 Å². The highest BCUT2D eigenvalue weighted by Crippen LogP contribution is 2.26. The lowest BCUT2D eigenvalue weighted by Crippen LogP contribution is -2.41. The topological polar surface area (TPSA) is 93.2 Å². The molecule has 0 unspecified atom stereocenters. The van der Waals surface area contributed by atoms with Gasteiger partial charge in [-0.25, -0.2) is 17.6 Å². The molecular weight excluding hydrogens is 427 g/mol. The predicted molar refractivity (Wildman–Crippen MR) is 110 cm³/mol. The Morgan fingerprint density at radius 3 is 2.48 bits per heavy atom. The molecule has 1 saturated carbocycles. The molecule has 2 fully saturated rings. The van der Waals surface area contributed by atoms with Gasteiger partial charge in [0.05, 0.1) is 18.8 Å². The molecule has 2 aliphatic rings. The van der Waals surface area contributed by atoms with E-state index in [1.165, 1.54) is 0 Å². The lowest BCUT2D eigenvalue weighted by Gasteiger charge is -2.33. The Hall–Kier alpha value is -2.04. The van der Waals surface area contributed by atoms with Crippen LogP contribution in [0.4, 0.5) is 4.39 Å². The van der Waals surface area contributed by atoms with Gasteiger partial charge in [-0.3, -0.25) is 4.79 Å². The first-order valence-electron chi connectivity index (χ1n) is 10.5. The van der Waals surface area contributed by atoms with Gasteiger partial charge in [-0.15, -0.1) is 0 Å². The standard InChI is InChI=1S/C21H29FN2O6S/c1-15-3-6-17(7-4-15)23(2)20(25)14-30-21(26)16-5-8-18(22)19(13-16)31(27,28)24-9-11-29-12-10-24/h5,8,13,15,17H,3-4,6-7,9-12,14H2,1-2H3. The fraction of sp³-hybridized carbons (Fsp3) is 0.619. The van der Waals surface area contributed by atoms with Crippen molar-refractivity contribution in [3.8, 4) is 0 Å². The number of morpholine rings is 1. The Morgan fingerprint density at radius 2 is 1.84 bits per heavy atom. The lowest BCUT2D eigenvalue weighted by molar-refractivity contribution is -0.136. The minimum atomic E-state index is -4.12. The number of hydrogen-bond acceptors (Lipinski definition) is 6. The third-order valence-electron chi connectivity index (χ3n) is 6.01. The van der Waals surface area contributed by atoms with Gasteiger partial charge in [-0.05, 0) is 49.8 Å². The summed E-state index contributed by atoms with van der Waals surface area (Å²) < 4.78 is 51.1. The number of esters is 1. The molecule has 0 spiro atoms. The molecule has 1 heterocycles. The highest BCUT2D eigenvalue weighted by molar-refractivity contribution is 7.89. The fourth-order valence-electron chi connectivity index (χ4n) is 3.90. The number of carbonyl (C=O) groups excluding carboxylic acids is 2. The molecule has 1 aromatic carbocycles. The van der Waals surface area contributed by atoms with Crippen LogP contribution in [0, 0.1) is 11.7 Å². The summed E-state index contributed by atoms with van der Waals surface area (Å²) >= 11 is 0. The van der Waals surface area contributed by atoms with Crippen molar-refractivity contribution >= 4 is 21.9 Å². The second-order valence-corrected chi connectivity index (χ2v) is 10.1. The predicted octanol–water partition coefficient (Wildman–Crippen LogP) is 2.04. The van der Waals surface area contributed by atoms with E-state index in [4.69, 9.17) is 9.47 Å². The van der Waals surface area contributed by atoms with Gasteiger partial charge in [0.25, 0.3) is 5.91 Å². The van der Waals surface area contributed by atoms with Crippen LogP contribution in [0.1, 0.15) is 43.0 Å². The number of sulfonamides is 1. The molecule has 1 saturated heterocycles. The van der Waals surface area contributed by atoms with Crippen molar-refractivity contribution < 1.29 is 31.9 Å². The second kappa shape index (κ2) is 10.1. The average molecular weight is 457 g/mol. The lowest BCUT2D eigenvalue weighted by atomic mass is 9.87. The van der Waals surface area contributed by atoms with Crippen LogP contribution in [0.15, 0.2) is 23.1 Å². The number of likely N-dealkylation sites (N-methyl/N-ethyl adjacent to an activating group) is 1. The molecule has 1 amide bonds. The molecule has 10 heteroatoms. The average Bonchev–Trinajstić information content (AvgIpc) is 2.78. The molecule has 0 aromatic heterocycles. The quantitative estimate of drug-likeness (QED) is 0.608. The van der Waals surface area contributed by atoms with Gasteiger partial charge in [0.15, 0.2) is 6.61 Å². The molecule has 0 atom stereocenters. The monoisotopic (exact) mass is 456 g/mol. The van der Waals surface area contributed by atoms with Crippen LogP contribution >= 0.6 is 0 Å². The first-order valence-corrected chi connectivity index (χ1v) is 11.9. The summed E-state index contributed by atoms with van der Waals surface area (Å²) in [6.45, 7) is 2.39. The summed E-state index contributed by atoms with van der Waals surface area (Å²) in [5.41, 5.74) is -0.129. The molecule has 0 radical (unpaired) electrons. The Bertz CT molecular complexity index is 908. The van der Waals surface area contributed by atoms with Gasteiger partial charge in [0.2, 0.25) is 10.0 Å². The molecule has 8 nitrogen and oxygen atoms in total. The van der Waals surface area contributed by atoms with Crippen molar-refractivity contribution in [1.29, 1.82) is 0 Å². The van der Waals surface area contributed by atoms with Crippen LogP contribution in [0.3, 0.4) is 0 Å². The van der Waals surface area contributed by atoms with Crippen molar-refractivity contribution in [2.75, 3.05) is 40.0 Å². The summed E-state index contributed by atoms with van der Waals surface area (Å²) in [4.78, 5) is 25.9. The number of rotatable bonds is 6. The molecular formula is C21H29FN2O6S. The van der Waals surface area contributed by atoms with Gasteiger partial charge < -0.3 is 14.4 Å². The zero-order valence-corrected chi connectivity index (χ0v) is 18.7. The summed E-state index contributed by atoms with van der Waals surface area (Å²) in [5, 5.41) is 0. The van der Waals surface area contributed by atoms with Crippen molar-refractivity contribution in [3.63, 3.8) is 0 Å². The van der Waals surface area contributed by atoms with Crippen LogP contribution in [-0.2, 0) is 24.3 Å². The number of nitrogens with zero attached hydrogens (tertiary/aromatic N) is 2. The van der Waals surface area contributed by atoms with E-state index in [9.17, 15) is 22.4 Å². The first kappa shape index (κ1) is 23.6. The van der Waals surface area contributed by atoms with Crippen LogP contribution in [-0.4, -0.2) is 75.5 Å². The Morgan fingerprint density at radius 1 is 1.19 bits per heavy atom. The van der Waals surface area contributed by atoms with Gasteiger partial charge in [0.1, 0.15) is 10.7 Å². The molecule has 31 heavy (non-hydrogen) atoms. The Balaban J connectivity index is 1.64. The van der Waals surface area contributed by atoms with E-state index in [1.54, 1.807) is 11.9 Å². The maximum atomic E-state index is 14.3. The zero-order chi connectivity index (χ0) is 22.6. The maximum Gasteiger partial charge on any atom is 0.338 e. The van der Waals surface area contributed by atoms with E-state index in [2.05, 4.69) is 6.92 Å². The molecule has 1 aliphatic heterocycles. The smallest absolute Gasteiger partial charge is 0.338 e. The van der Waals surface area contributed by atoms with Gasteiger partial charge >= 0.3 is 5.97 Å². The SMILES string of the molecule is CC1CCC(N(C)C(=O)COC(=O)c2ccc(F)c(S(=O)(=O)N3CCOCC3)c2)CC1. The van der Waals surface area contributed by atoms with E-state index < -0.39 is 33.3 Å². The number of halogens is 1. The number of benzene rings is 1. The molecule has 3 rings (SSSR count). The number of ether oxygens (including phenoxy) is 2. The highest BCUT2D eigenvalue weighted by Gasteiger charge is 2.30. The second-order valence-electron chi connectivity index (χ2n) is 8.16. The number of amides is 1. The first-order chi connectivity index (χ1) is 14.7. The Labute approximate surface area is 182 Å². The summed E-state index contributed by atoms with van der Waals surface area (Å²) in [6, 6.07) is 3.14. The van der Waals surface area contributed by atoms with E-state index in [-0.39, 0.29) is 43.8 Å². The van der Waals surface area contributed by atoms with Crippen LogP contribution < -0.4 is 0 Å². The molecule has 0 bridgehead atoms. The largest absolute Gasteiger partial charge is 0.452 e. The van der Waals surface area contributed by atoms with Crippen molar-refractivity contribution in [2.45, 2.75) is 43.5 Å². The van der Waals surface area contributed by atoms with E-state index >= 15 is 0 Å². The summed E-state index contributed by atoms with van der Waals surface area (Å²) in [6.07, 6.45) is 3.94. The number of carbonyl (C=O) groups is 2. The Kier molecular flexibility index (Phi) is 7.66. The van der Waals surface area contributed by atoms with Gasteiger partial charge in [-0.2, -0.15) is 4.31 Å². The minimum absolute atomic E-state index is 0.108. The molecule has 1 aliphatic carbocycles. The van der Waals surface area contributed by atoms with E-state index in [0.29, 0.717) is 5.92 Å². The normalized spacial score (nSPS) is 22.7. The van der Waals surface area contributed by atoms with Gasteiger partial charge in [0, 0.05) is 26.2 Å². The van der Waals surface area contributed by atoms with E-state index in [0.717, 1.165) is 48.2 Å². The third kappa shape index (κ3) is 5.61. The van der Waals surface area contributed by atoms with Crippen molar-refractivity contribution in [1.82, 2.24) is 9.21 Å².